The minimum Gasteiger partial charge on any atom is -0.424 e. The third-order valence-electron chi connectivity index (χ3n) is 1.35. The van der Waals surface area contributed by atoms with Gasteiger partial charge < -0.3 is 4.80 Å². The molecule has 0 amide bonds. The number of alkyl halides is 3. The van der Waals surface area contributed by atoms with Gasteiger partial charge >= 0.3 is 14.1 Å². The smallest absolute Gasteiger partial charge is 0.388 e. The predicted molar refractivity (Wildman–Crippen MR) is 35.0 cm³/mol. The fraction of sp³-hybridized carbons (Fsp3) is 1.00. The summed E-state index contributed by atoms with van der Waals surface area (Å²) in [7, 11) is -3.90. The van der Waals surface area contributed by atoms with Crippen molar-refractivity contribution in [2.24, 2.45) is 0 Å². The number of halogens is 3. The molecule has 0 fully saturated rings. The molecular weight excluding hydrogens is 161 g/mol. The van der Waals surface area contributed by atoms with Gasteiger partial charge in [0, 0.05) is 0 Å². The summed E-state index contributed by atoms with van der Waals surface area (Å²) in [6, 6.07) is -0.101. The van der Waals surface area contributed by atoms with Crippen molar-refractivity contribution < 1.29 is 18.0 Å². The molecule has 0 aliphatic rings. The van der Waals surface area contributed by atoms with Crippen molar-refractivity contribution in [1.29, 1.82) is 0 Å². The molecule has 1 unspecified atom stereocenters. The molecule has 0 rings (SSSR count). The van der Waals surface area contributed by atoms with Crippen LogP contribution in [0.1, 0.15) is 13.3 Å². The second-order valence-corrected chi connectivity index (χ2v) is 6.14. The zero-order chi connectivity index (χ0) is 8.41. The topological polar surface area (TPSA) is 20.2 Å². The van der Waals surface area contributed by atoms with Crippen LogP contribution in [0.2, 0.25) is 12.6 Å². The second kappa shape index (κ2) is 2.92. The summed E-state index contributed by atoms with van der Waals surface area (Å²) in [4.78, 5) is 8.86. The average Bonchev–Trinajstić information content (AvgIpc) is 1.61. The van der Waals surface area contributed by atoms with E-state index in [9.17, 15) is 13.2 Å². The summed E-state index contributed by atoms with van der Waals surface area (Å²) in [5.74, 6) is -4.36. The van der Waals surface area contributed by atoms with Crippen LogP contribution in [0.4, 0.5) is 13.2 Å². The van der Waals surface area contributed by atoms with Crippen LogP contribution in [-0.4, -0.2) is 18.9 Å². The molecular formula is C5H11F3OSi. The summed E-state index contributed by atoms with van der Waals surface area (Å²) < 4.78 is 35.5. The van der Waals surface area contributed by atoms with Crippen LogP contribution in [0.15, 0.2) is 0 Å². The maximum absolute atomic E-state index is 11.8. The molecule has 0 bridgehead atoms. The predicted octanol–water partition coefficient (Wildman–Crippen LogP) is 2.07. The highest BCUT2D eigenvalue weighted by Gasteiger charge is 2.52. The Hall–Kier alpha value is -0.0331. The first-order chi connectivity index (χ1) is 4.31. The lowest BCUT2D eigenvalue weighted by Crippen LogP contribution is -2.47. The molecule has 0 aromatic carbocycles. The van der Waals surface area contributed by atoms with Gasteiger partial charge in [-0.3, -0.25) is 0 Å². The van der Waals surface area contributed by atoms with E-state index >= 15 is 0 Å². The third kappa shape index (κ3) is 2.30. The minimum absolute atomic E-state index is 0.101. The van der Waals surface area contributed by atoms with E-state index in [0.717, 1.165) is 6.55 Å². The Morgan fingerprint density at radius 3 is 1.90 bits per heavy atom. The van der Waals surface area contributed by atoms with E-state index < -0.39 is 14.1 Å². The molecule has 1 nitrogen and oxygen atoms in total. The Labute approximate surface area is 59.0 Å². The van der Waals surface area contributed by atoms with E-state index in [4.69, 9.17) is 4.80 Å². The standard InChI is InChI=1S/C5H11F3OSi/c1-3-4-10(2,9)5(6,7)8/h9H,3-4H2,1-2H3. The lowest BCUT2D eigenvalue weighted by molar-refractivity contribution is -0.0691. The quantitative estimate of drug-likeness (QED) is 0.632. The Morgan fingerprint density at radius 1 is 1.40 bits per heavy atom. The maximum Gasteiger partial charge on any atom is 0.388 e. The van der Waals surface area contributed by atoms with Gasteiger partial charge in [-0.15, -0.1) is 0 Å². The van der Waals surface area contributed by atoms with E-state index in [1.54, 1.807) is 6.92 Å². The highest BCUT2D eigenvalue weighted by Crippen LogP contribution is 2.29. The van der Waals surface area contributed by atoms with E-state index in [1.807, 2.05) is 0 Å². The third-order valence-corrected chi connectivity index (χ3v) is 4.04. The molecule has 0 radical (unpaired) electrons. The Morgan fingerprint density at radius 2 is 1.80 bits per heavy atom. The van der Waals surface area contributed by atoms with Gasteiger partial charge in [-0.2, -0.15) is 13.2 Å². The molecule has 10 heavy (non-hydrogen) atoms. The zero-order valence-corrected chi connectivity index (χ0v) is 7.00. The molecule has 0 saturated carbocycles. The normalized spacial score (nSPS) is 18.6. The van der Waals surface area contributed by atoms with Gasteiger partial charge in [0.15, 0.2) is 0 Å². The number of hydrogen-bond acceptors (Lipinski definition) is 1. The molecule has 0 heterocycles. The van der Waals surface area contributed by atoms with Crippen LogP contribution in [0.5, 0.6) is 0 Å². The van der Waals surface area contributed by atoms with Crippen molar-refractivity contribution in [3.63, 3.8) is 0 Å². The first-order valence-corrected chi connectivity index (χ1v) is 5.76. The van der Waals surface area contributed by atoms with E-state index in [2.05, 4.69) is 0 Å². The van der Waals surface area contributed by atoms with E-state index in [0.29, 0.717) is 6.42 Å². The Bertz CT molecular complexity index is 110. The monoisotopic (exact) mass is 172 g/mol. The van der Waals surface area contributed by atoms with Crippen LogP contribution < -0.4 is 0 Å². The van der Waals surface area contributed by atoms with Crippen molar-refractivity contribution in [1.82, 2.24) is 0 Å². The SMILES string of the molecule is CCC[Si](C)(O)C(F)(F)F. The van der Waals surface area contributed by atoms with Gasteiger partial charge in [0.05, 0.1) is 0 Å². The zero-order valence-electron chi connectivity index (χ0n) is 6.00. The van der Waals surface area contributed by atoms with Crippen LogP contribution in [0.3, 0.4) is 0 Å². The number of rotatable bonds is 2. The molecule has 5 heteroatoms. The average molecular weight is 172 g/mol. The molecule has 1 N–H and O–H groups in total. The lowest BCUT2D eigenvalue weighted by Gasteiger charge is -2.21. The van der Waals surface area contributed by atoms with Gasteiger partial charge in [0.2, 0.25) is 0 Å². The molecule has 0 aliphatic carbocycles. The molecule has 0 saturated heterocycles. The fourth-order valence-electron chi connectivity index (χ4n) is 0.629. The highest BCUT2D eigenvalue weighted by molar-refractivity contribution is 6.73. The van der Waals surface area contributed by atoms with Gasteiger partial charge in [-0.1, -0.05) is 13.3 Å². The molecule has 0 spiro atoms. The summed E-state index contributed by atoms with van der Waals surface area (Å²) >= 11 is 0. The van der Waals surface area contributed by atoms with Gasteiger partial charge in [-0.25, -0.2) is 0 Å². The van der Waals surface area contributed by atoms with Crippen LogP contribution in [0, 0.1) is 0 Å². The van der Waals surface area contributed by atoms with Gasteiger partial charge in [-0.05, 0) is 12.6 Å². The van der Waals surface area contributed by atoms with Crippen molar-refractivity contribution in [2.75, 3.05) is 0 Å². The fourth-order valence-corrected chi connectivity index (χ4v) is 1.89. The molecule has 1 atom stereocenters. The largest absolute Gasteiger partial charge is 0.424 e. The molecule has 0 aromatic rings. The Kier molecular flexibility index (Phi) is 2.91. The highest BCUT2D eigenvalue weighted by atomic mass is 28.4. The second-order valence-electron chi connectivity index (χ2n) is 2.52. The Balaban J connectivity index is 4.10. The maximum atomic E-state index is 11.8. The molecule has 0 aromatic heterocycles. The van der Waals surface area contributed by atoms with Gasteiger partial charge in [0.1, 0.15) is 0 Å². The lowest BCUT2D eigenvalue weighted by atomic mass is 10.6. The van der Waals surface area contributed by atoms with E-state index in [-0.39, 0.29) is 6.04 Å². The summed E-state index contributed by atoms with van der Waals surface area (Å²) in [5.41, 5.74) is 0. The summed E-state index contributed by atoms with van der Waals surface area (Å²) in [5, 5.41) is 0. The van der Waals surface area contributed by atoms with Gasteiger partial charge in [0.25, 0.3) is 0 Å². The minimum atomic E-state index is -4.36. The molecule has 0 aliphatic heterocycles. The van der Waals surface area contributed by atoms with Crippen LogP contribution in [0.25, 0.3) is 0 Å². The van der Waals surface area contributed by atoms with E-state index in [1.165, 1.54) is 0 Å². The summed E-state index contributed by atoms with van der Waals surface area (Å²) in [6.45, 7) is 2.56. The van der Waals surface area contributed by atoms with Crippen molar-refractivity contribution in [2.45, 2.75) is 31.7 Å². The molecule has 62 valence electrons. The first kappa shape index (κ1) is 9.97. The summed E-state index contributed by atoms with van der Waals surface area (Å²) in [6.07, 6.45) is 0.388. The number of hydrogen-bond donors (Lipinski definition) is 1. The van der Waals surface area contributed by atoms with Crippen molar-refractivity contribution >= 4 is 8.32 Å². The first-order valence-electron chi connectivity index (χ1n) is 3.10. The van der Waals surface area contributed by atoms with Crippen molar-refractivity contribution in [3.8, 4) is 0 Å². The van der Waals surface area contributed by atoms with Crippen LogP contribution >= 0.6 is 0 Å². The van der Waals surface area contributed by atoms with Crippen LogP contribution in [-0.2, 0) is 0 Å². The van der Waals surface area contributed by atoms with Crippen molar-refractivity contribution in [3.05, 3.63) is 0 Å².